The molecule has 0 N–H and O–H groups in total. The Morgan fingerprint density at radius 3 is 2.83 bits per heavy atom. The minimum atomic E-state index is -0.917. The van der Waals surface area contributed by atoms with Crippen molar-refractivity contribution in [3.63, 3.8) is 0 Å². The van der Waals surface area contributed by atoms with E-state index in [4.69, 9.17) is 0 Å². The quantitative estimate of drug-likeness (QED) is 0.595. The first kappa shape index (κ1) is 7.68. The fourth-order valence-corrected chi connectivity index (χ4v) is 1.86. The zero-order valence-corrected chi connectivity index (χ0v) is 7.60. The number of aliphatic imine (C=N–C) groups is 1. The van der Waals surface area contributed by atoms with Gasteiger partial charge in [0, 0.05) is 12.7 Å². The lowest BCUT2D eigenvalue weighted by Crippen LogP contribution is -2.04. The second-order valence-electron chi connectivity index (χ2n) is 2.77. The summed E-state index contributed by atoms with van der Waals surface area (Å²) in [6.45, 7) is 0. The predicted molar refractivity (Wildman–Crippen MR) is 51.3 cm³/mol. The topological polar surface area (TPSA) is 29.4 Å². The molecule has 0 bridgehead atoms. The molecule has 1 aliphatic heterocycles. The van der Waals surface area contributed by atoms with Crippen molar-refractivity contribution in [2.24, 2.45) is 4.99 Å². The molecule has 1 aromatic rings. The van der Waals surface area contributed by atoms with Gasteiger partial charge in [0.15, 0.2) is 0 Å². The average Bonchev–Trinajstić information content (AvgIpc) is 2.46. The third-order valence-electron chi connectivity index (χ3n) is 1.91. The van der Waals surface area contributed by atoms with E-state index in [0.29, 0.717) is 0 Å². The molecule has 0 aliphatic carbocycles. The van der Waals surface area contributed by atoms with Crippen LogP contribution in [0.5, 0.6) is 0 Å². The highest BCUT2D eigenvalue weighted by Crippen LogP contribution is 2.26. The van der Waals surface area contributed by atoms with E-state index >= 15 is 0 Å². The van der Waals surface area contributed by atoms with Crippen LogP contribution in [0.2, 0.25) is 0 Å². The van der Waals surface area contributed by atoms with Crippen molar-refractivity contribution in [2.45, 2.75) is 6.42 Å². The molecular weight excluding hydrogens is 170 g/mol. The van der Waals surface area contributed by atoms with Gasteiger partial charge in [-0.25, -0.2) is 4.99 Å². The van der Waals surface area contributed by atoms with E-state index in [1.165, 1.54) is 5.56 Å². The molecule has 0 spiro atoms. The van der Waals surface area contributed by atoms with Gasteiger partial charge >= 0.3 is 0 Å². The summed E-state index contributed by atoms with van der Waals surface area (Å²) in [5.41, 5.74) is 2.16. The molecule has 2 nitrogen and oxygen atoms in total. The lowest BCUT2D eigenvalue weighted by atomic mass is 10.2. The van der Waals surface area contributed by atoms with Crippen LogP contribution < -0.4 is 0 Å². The first-order valence-corrected chi connectivity index (χ1v) is 5.32. The predicted octanol–water partition coefficient (Wildman–Crippen LogP) is 1.65. The molecule has 1 aliphatic rings. The van der Waals surface area contributed by atoms with Crippen LogP contribution in [0.1, 0.15) is 5.56 Å². The van der Waals surface area contributed by atoms with E-state index in [1.54, 1.807) is 6.26 Å². The summed E-state index contributed by atoms with van der Waals surface area (Å²) in [5, 5.41) is 0.788. The first-order valence-electron chi connectivity index (χ1n) is 3.76. The van der Waals surface area contributed by atoms with Crippen molar-refractivity contribution in [1.29, 1.82) is 0 Å². The van der Waals surface area contributed by atoms with Crippen LogP contribution in [0.25, 0.3) is 0 Å². The maximum atomic E-state index is 11.1. The summed E-state index contributed by atoms with van der Waals surface area (Å²) in [5.74, 6) is 0. The van der Waals surface area contributed by atoms with Crippen molar-refractivity contribution >= 4 is 21.5 Å². The molecule has 0 radical (unpaired) electrons. The molecule has 2 rings (SSSR count). The Hall–Kier alpha value is -0.960. The highest BCUT2D eigenvalue weighted by Gasteiger charge is 2.15. The van der Waals surface area contributed by atoms with E-state index in [1.807, 2.05) is 24.3 Å². The number of hydrogen-bond donors (Lipinski definition) is 0. The molecule has 0 saturated carbocycles. The largest absolute Gasteiger partial charge is 0.253 e. The minimum Gasteiger partial charge on any atom is -0.253 e. The third-order valence-corrected chi connectivity index (χ3v) is 2.81. The van der Waals surface area contributed by atoms with Crippen LogP contribution in [0.4, 0.5) is 5.69 Å². The first-order chi connectivity index (χ1) is 5.77. The SMILES string of the molecule is CS(=O)C1=Nc2ccccc2C1. The lowest BCUT2D eigenvalue weighted by molar-refractivity contribution is 0.693. The number of hydrogen-bond acceptors (Lipinski definition) is 2. The number of nitrogens with zero attached hydrogens (tertiary/aromatic N) is 1. The third kappa shape index (κ3) is 1.20. The van der Waals surface area contributed by atoms with Crippen LogP contribution in [-0.2, 0) is 17.2 Å². The summed E-state index contributed by atoms with van der Waals surface area (Å²) in [7, 11) is -0.917. The number of fused-ring (bicyclic) bond motifs is 1. The number of benzene rings is 1. The Morgan fingerprint density at radius 2 is 2.17 bits per heavy atom. The number of para-hydroxylation sites is 1. The molecule has 0 aromatic heterocycles. The van der Waals surface area contributed by atoms with Crippen molar-refractivity contribution in [2.75, 3.05) is 6.26 Å². The zero-order valence-electron chi connectivity index (χ0n) is 6.78. The standard InChI is InChI=1S/C9H9NOS/c1-12(11)9-6-7-4-2-3-5-8(7)10-9/h2-5H,6H2,1H3. The van der Waals surface area contributed by atoms with Crippen LogP contribution in [0.3, 0.4) is 0 Å². The molecule has 1 heterocycles. The molecule has 0 fully saturated rings. The van der Waals surface area contributed by atoms with E-state index < -0.39 is 10.8 Å². The van der Waals surface area contributed by atoms with Crippen molar-refractivity contribution in [1.82, 2.24) is 0 Å². The van der Waals surface area contributed by atoms with E-state index in [9.17, 15) is 4.21 Å². The van der Waals surface area contributed by atoms with Gasteiger partial charge in [-0.3, -0.25) is 4.21 Å². The molecule has 3 heteroatoms. The second-order valence-corrected chi connectivity index (χ2v) is 4.14. The highest BCUT2D eigenvalue weighted by atomic mass is 32.2. The van der Waals surface area contributed by atoms with Crippen LogP contribution in [0, 0.1) is 0 Å². The monoisotopic (exact) mass is 179 g/mol. The molecule has 1 unspecified atom stereocenters. The second kappa shape index (κ2) is 2.83. The van der Waals surface area contributed by atoms with Gasteiger partial charge in [-0.2, -0.15) is 0 Å². The fourth-order valence-electron chi connectivity index (χ4n) is 1.27. The molecule has 62 valence electrons. The van der Waals surface area contributed by atoms with Crippen LogP contribution >= 0.6 is 0 Å². The average molecular weight is 179 g/mol. The summed E-state index contributed by atoms with van der Waals surface area (Å²) < 4.78 is 11.1. The smallest absolute Gasteiger partial charge is 0.109 e. The maximum Gasteiger partial charge on any atom is 0.109 e. The summed E-state index contributed by atoms with van der Waals surface area (Å²) in [4.78, 5) is 4.27. The summed E-state index contributed by atoms with van der Waals surface area (Å²) >= 11 is 0. The van der Waals surface area contributed by atoms with Crippen LogP contribution in [0.15, 0.2) is 29.3 Å². The Balaban J connectivity index is 2.41. The summed E-state index contributed by atoms with van der Waals surface area (Å²) in [6, 6.07) is 7.91. The van der Waals surface area contributed by atoms with Gasteiger partial charge in [-0.15, -0.1) is 0 Å². The Labute approximate surface area is 73.8 Å². The molecule has 1 atom stereocenters. The maximum absolute atomic E-state index is 11.1. The highest BCUT2D eigenvalue weighted by molar-refractivity contribution is 8.00. The van der Waals surface area contributed by atoms with E-state index in [2.05, 4.69) is 4.99 Å². The van der Waals surface area contributed by atoms with Gasteiger partial charge in [0.05, 0.1) is 16.5 Å². The van der Waals surface area contributed by atoms with Gasteiger partial charge in [0.1, 0.15) is 5.04 Å². The van der Waals surface area contributed by atoms with Gasteiger partial charge < -0.3 is 0 Å². The zero-order chi connectivity index (χ0) is 8.55. The molecular formula is C9H9NOS. The Bertz CT molecular complexity index is 371. The lowest BCUT2D eigenvalue weighted by Gasteiger charge is -1.92. The van der Waals surface area contributed by atoms with E-state index in [0.717, 1.165) is 17.2 Å². The molecule has 12 heavy (non-hydrogen) atoms. The summed E-state index contributed by atoms with van der Waals surface area (Å²) in [6.07, 6.45) is 2.42. The molecule has 0 saturated heterocycles. The minimum absolute atomic E-state index is 0.749. The number of rotatable bonds is 0. The van der Waals surface area contributed by atoms with Crippen molar-refractivity contribution in [3.8, 4) is 0 Å². The fraction of sp³-hybridized carbons (Fsp3) is 0.222. The van der Waals surface area contributed by atoms with Gasteiger partial charge in [0.25, 0.3) is 0 Å². The Kier molecular flexibility index (Phi) is 1.81. The van der Waals surface area contributed by atoms with Gasteiger partial charge in [0.2, 0.25) is 0 Å². The Morgan fingerprint density at radius 1 is 1.42 bits per heavy atom. The van der Waals surface area contributed by atoms with Gasteiger partial charge in [-0.1, -0.05) is 18.2 Å². The normalized spacial score (nSPS) is 16.9. The van der Waals surface area contributed by atoms with Crippen LogP contribution in [-0.4, -0.2) is 15.5 Å². The van der Waals surface area contributed by atoms with Crippen molar-refractivity contribution < 1.29 is 4.21 Å². The van der Waals surface area contributed by atoms with Gasteiger partial charge in [-0.05, 0) is 11.6 Å². The molecule has 1 aromatic carbocycles. The van der Waals surface area contributed by atoms with Crippen molar-refractivity contribution in [3.05, 3.63) is 29.8 Å². The molecule has 0 amide bonds. The van der Waals surface area contributed by atoms with E-state index in [-0.39, 0.29) is 0 Å².